The van der Waals surface area contributed by atoms with Gasteiger partial charge in [-0.25, -0.2) is 4.79 Å². The molecule has 3 amide bonds. The van der Waals surface area contributed by atoms with Crippen LogP contribution in [0.1, 0.15) is 30.9 Å². The van der Waals surface area contributed by atoms with Crippen LogP contribution in [0.15, 0.2) is 24.3 Å². The fraction of sp³-hybridized carbons (Fsp3) is 0.429. The summed E-state index contributed by atoms with van der Waals surface area (Å²) >= 11 is 5.79. The zero-order valence-corrected chi connectivity index (χ0v) is 11.6. The number of rotatable bonds is 3. The summed E-state index contributed by atoms with van der Waals surface area (Å²) in [5.41, 5.74) is -0.0684. The van der Waals surface area contributed by atoms with Crippen LogP contribution in [0.4, 0.5) is 4.79 Å². The highest BCUT2D eigenvalue weighted by Gasteiger charge is 2.54. The number of carbonyl (C=O) groups is 2. The predicted molar refractivity (Wildman–Crippen MR) is 73.2 cm³/mol. The molecule has 6 heteroatoms. The predicted octanol–water partition coefficient (Wildman–Crippen LogP) is 1.85. The molecule has 1 aromatic rings. The molecule has 1 aromatic carbocycles. The average molecular weight is 295 g/mol. The average Bonchev–Trinajstić information content (AvgIpc) is 2.64. The number of benzene rings is 1. The Labute approximate surface area is 121 Å². The van der Waals surface area contributed by atoms with Crippen molar-refractivity contribution in [3.8, 4) is 0 Å². The van der Waals surface area contributed by atoms with Gasteiger partial charge in [0.1, 0.15) is 5.54 Å². The number of aliphatic hydroxyl groups excluding tert-OH is 1. The van der Waals surface area contributed by atoms with Crippen molar-refractivity contribution in [2.24, 2.45) is 0 Å². The molecule has 0 radical (unpaired) electrons. The lowest BCUT2D eigenvalue weighted by molar-refractivity contribution is -0.135. The summed E-state index contributed by atoms with van der Waals surface area (Å²) in [4.78, 5) is 25.2. The number of carbonyl (C=O) groups excluding carboxylic acids is 2. The maximum absolute atomic E-state index is 12.3. The molecule has 0 aromatic heterocycles. The van der Waals surface area contributed by atoms with Crippen molar-refractivity contribution in [3.05, 3.63) is 34.9 Å². The van der Waals surface area contributed by atoms with Gasteiger partial charge < -0.3 is 10.4 Å². The molecule has 1 spiro atoms. The van der Waals surface area contributed by atoms with E-state index >= 15 is 0 Å². The Balaban J connectivity index is 1.72. The molecule has 106 valence electrons. The second kappa shape index (κ2) is 4.75. The number of hydrogen-bond donors (Lipinski definition) is 2. The number of aliphatic hydroxyl groups is 1. The summed E-state index contributed by atoms with van der Waals surface area (Å²) in [5.74, 6) is -0.221. The molecule has 20 heavy (non-hydrogen) atoms. The molecule has 1 atom stereocenters. The van der Waals surface area contributed by atoms with E-state index in [2.05, 4.69) is 5.32 Å². The molecule has 5 nitrogen and oxygen atoms in total. The van der Waals surface area contributed by atoms with Gasteiger partial charge in [0.25, 0.3) is 5.91 Å². The van der Waals surface area contributed by atoms with Crippen molar-refractivity contribution in [3.63, 3.8) is 0 Å². The monoisotopic (exact) mass is 294 g/mol. The van der Waals surface area contributed by atoms with Crippen LogP contribution in [0.25, 0.3) is 0 Å². The van der Waals surface area contributed by atoms with E-state index in [-0.39, 0.29) is 12.5 Å². The highest BCUT2D eigenvalue weighted by atomic mass is 35.5. The van der Waals surface area contributed by atoms with Crippen molar-refractivity contribution in [2.45, 2.75) is 30.9 Å². The van der Waals surface area contributed by atoms with E-state index in [1.165, 1.54) is 0 Å². The Morgan fingerprint density at radius 2 is 1.95 bits per heavy atom. The molecule has 1 heterocycles. The van der Waals surface area contributed by atoms with Gasteiger partial charge in [0.2, 0.25) is 0 Å². The fourth-order valence-corrected chi connectivity index (χ4v) is 2.80. The molecule has 1 unspecified atom stereocenters. The standard InChI is InChI=1S/C14H15ClN2O3/c15-10-4-2-9(3-5-10)11(18)8-17-12(19)14(6-1-7-14)16-13(17)20/h2-5,11,18H,1,6-8H2,(H,16,20). The number of β-amino-alcohol motifs (C(OH)–C–C–N with tert-alkyl or cyclic N) is 1. The summed E-state index contributed by atoms with van der Waals surface area (Å²) in [6.45, 7) is -0.0337. The Morgan fingerprint density at radius 3 is 2.45 bits per heavy atom. The fourth-order valence-electron chi connectivity index (χ4n) is 2.67. The van der Waals surface area contributed by atoms with Crippen LogP contribution in [0, 0.1) is 0 Å². The highest BCUT2D eigenvalue weighted by Crippen LogP contribution is 2.37. The Hall–Kier alpha value is -1.59. The number of urea groups is 1. The number of nitrogens with zero attached hydrogens (tertiary/aromatic N) is 1. The van der Waals surface area contributed by atoms with E-state index < -0.39 is 17.7 Å². The summed E-state index contributed by atoms with van der Waals surface area (Å²) in [6, 6.07) is 6.29. The van der Waals surface area contributed by atoms with E-state index in [4.69, 9.17) is 11.6 Å². The van der Waals surface area contributed by atoms with Crippen molar-refractivity contribution >= 4 is 23.5 Å². The maximum atomic E-state index is 12.3. The van der Waals surface area contributed by atoms with Crippen molar-refractivity contribution in [1.29, 1.82) is 0 Å². The first kappa shape index (κ1) is 13.4. The third-order valence-corrected chi connectivity index (χ3v) is 4.32. The summed E-state index contributed by atoms with van der Waals surface area (Å²) in [5, 5.41) is 13.5. The lowest BCUT2D eigenvalue weighted by atomic mass is 9.77. The molecule has 2 N–H and O–H groups in total. The number of hydrogen-bond acceptors (Lipinski definition) is 3. The Bertz CT molecular complexity index is 554. The van der Waals surface area contributed by atoms with Crippen LogP contribution in [0.5, 0.6) is 0 Å². The van der Waals surface area contributed by atoms with Crippen molar-refractivity contribution in [1.82, 2.24) is 10.2 Å². The Kier molecular flexibility index (Phi) is 3.18. The van der Waals surface area contributed by atoms with Crippen LogP contribution in [-0.4, -0.2) is 34.0 Å². The SMILES string of the molecule is O=C1NC2(CCC2)C(=O)N1CC(O)c1ccc(Cl)cc1. The van der Waals surface area contributed by atoms with Gasteiger partial charge in [-0.1, -0.05) is 23.7 Å². The molecule has 1 aliphatic carbocycles. The topological polar surface area (TPSA) is 69.6 Å². The molecular formula is C14H15ClN2O3. The summed E-state index contributed by atoms with van der Waals surface area (Å²) in [6.07, 6.45) is 1.41. The molecule has 1 saturated carbocycles. The second-order valence-electron chi connectivity index (χ2n) is 5.35. The lowest BCUT2D eigenvalue weighted by Gasteiger charge is -2.35. The minimum absolute atomic E-state index is 0.0337. The van der Waals surface area contributed by atoms with Gasteiger partial charge in [-0.05, 0) is 37.0 Å². The smallest absolute Gasteiger partial charge is 0.325 e. The molecule has 3 rings (SSSR count). The molecule has 2 fully saturated rings. The van der Waals surface area contributed by atoms with Gasteiger partial charge >= 0.3 is 6.03 Å². The number of nitrogens with one attached hydrogen (secondary N) is 1. The molecule has 1 saturated heterocycles. The van der Waals surface area contributed by atoms with E-state index in [0.29, 0.717) is 23.4 Å². The van der Waals surface area contributed by atoms with Gasteiger partial charge in [0.05, 0.1) is 12.6 Å². The van der Waals surface area contributed by atoms with Crippen molar-refractivity contribution in [2.75, 3.05) is 6.54 Å². The van der Waals surface area contributed by atoms with E-state index in [1.807, 2.05) is 0 Å². The third kappa shape index (κ3) is 2.07. The number of imide groups is 1. The van der Waals surface area contributed by atoms with E-state index in [9.17, 15) is 14.7 Å². The second-order valence-corrected chi connectivity index (χ2v) is 5.79. The molecule has 0 bridgehead atoms. The molecule has 2 aliphatic rings. The lowest BCUT2D eigenvalue weighted by Crippen LogP contribution is -2.52. The van der Waals surface area contributed by atoms with Crippen LogP contribution < -0.4 is 5.32 Å². The van der Waals surface area contributed by atoms with Gasteiger partial charge in [0.15, 0.2) is 0 Å². The normalized spacial score (nSPS) is 21.8. The van der Waals surface area contributed by atoms with E-state index in [0.717, 1.165) is 11.3 Å². The number of halogens is 1. The van der Waals surface area contributed by atoms with Crippen LogP contribution >= 0.6 is 11.6 Å². The van der Waals surface area contributed by atoms with Crippen LogP contribution in [0.3, 0.4) is 0 Å². The van der Waals surface area contributed by atoms with Gasteiger partial charge in [-0.3, -0.25) is 9.69 Å². The largest absolute Gasteiger partial charge is 0.387 e. The summed E-state index contributed by atoms with van der Waals surface area (Å²) < 4.78 is 0. The third-order valence-electron chi connectivity index (χ3n) is 4.06. The maximum Gasteiger partial charge on any atom is 0.325 e. The first-order chi connectivity index (χ1) is 9.52. The minimum atomic E-state index is -0.905. The molecule has 1 aliphatic heterocycles. The summed E-state index contributed by atoms with van der Waals surface area (Å²) in [7, 11) is 0. The zero-order chi connectivity index (χ0) is 14.3. The number of amides is 3. The van der Waals surface area contributed by atoms with Crippen molar-refractivity contribution < 1.29 is 14.7 Å². The first-order valence-corrected chi connectivity index (χ1v) is 6.97. The zero-order valence-electron chi connectivity index (χ0n) is 10.8. The van der Waals surface area contributed by atoms with Gasteiger partial charge in [-0.15, -0.1) is 0 Å². The van der Waals surface area contributed by atoms with Crippen LogP contribution in [-0.2, 0) is 4.79 Å². The Morgan fingerprint density at radius 1 is 1.30 bits per heavy atom. The minimum Gasteiger partial charge on any atom is -0.387 e. The first-order valence-electron chi connectivity index (χ1n) is 6.59. The quantitative estimate of drug-likeness (QED) is 0.836. The van der Waals surface area contributed by atoms with Gasteiger partial charge in [-0.2, -0.15) is 0 Å². The highest BCUT2D eigenvalue weighted by molar-refractivity contribution is 6.30. The van der Waals surface area contributed by atoms with Gasteiger partial charge in [0, 0.05) is 5.02 Å². The van der Waals surface area contributed by atoms with E-state index in [1.54, 1.807) is 24.3 Å². The molecular weight excluding hydrogens is 280 g/mol. The van der Waals surface area contributed by atoms with Crippen LogP contribution in [0.2, 0.25) is 5.02 Å².